The SMILES string of the molecule is CCOCCC(NC)c1ccccc1. The zero-order valence-corrected chi connectivity index (χ0v) is 8.99. The molecule has 1 unspecified atom stereocenters. The third-order valence-electron chi connectivity index (χ3n) is 2.31. The summed E-state index contributed by atoms with van der Waals surface area (Å²) in [4.78, 5) is 0. The summed E-state index contributed by atoms with van der Waals surface area (Å²) in [6.07, 6.45) is 1.02. The number of benzene rings is 1. The largest absolute Gasteiger partial charge is 0.382 e. The predicted octanol–water partition coefficient (Wildman–Crippen LogP) is 2.37. The van der Waals surface area contributed by atoms with Crippen LogP contribution in [0.1, 0.15) is 24.9 Å². The molecule has 1 rings (SSSR count). The Morgan fingerprint density at radius 3 is 2.57 bits per heavy atom. The van der Waals surface area contributed by atoms with Gasteiger partial charge in [0.2, 0.25) is 0 Å². The molecular weight excluding hydrogens is 174 g/mol. The van der Waals surface area contributed by atoms with Crippen LogP contribution in [0.25, 0.3) is 0 Å². The fourth-order valence-corrected chi connectivity index (χ4v) is 1.51. The standard InChI is InChI=1S/C12H19NO/c1-3-14-10-9-12(13-2)11-7-5-4-6-8-11/h4-8,12-13H,3,9-10H2,1-2H3. The van der Waals surface area contributed by atoms with Gasteiger partial charge in [0.05, 0.1) is 0 Å². The van der Waals surface area contributed by atoms with E-state index in [2.05, 4.69) is 29.6 Å². The number of ether oxygens (including phenoxy) is 1. The molecule has 2 heteroatoms. The van der Waals surface area contributed by atoms with E-state index in [1.807, 2.05) is 20.0 Å². The molecule has 0 amide bonds. The Kier molecular flexibility index (Phi) is 5.27. The average molecular weight is 193 g/mol. The molecule has 78 valence electrons. The van der Waals surface area contributed by atoms with Crippen molar-refractivity contribution in [3.8, 4) is 0 Å². The Balaban J connectivity index is 2.46. The van der Waals surface area contributed by atoms with Crippen molar-refractivity contribution >= 4 is 0 Å². The van der Waals surface area contributed by atoms with Gasteiger partial charge in [-0.1, -0.05) is 30.3 Å². The zero-order valence-electron chi connectivity index (χ0n) is 8.99. The minimum absolute atomic E-state index is 0.405. The first-order valence-corrected chi connectivity index (χ1v) is 5.18. The van der Waals surface area contributed by atoms with Crippen LogP contribution in [0.5, 0.6) is 0 Å². The number of nitrogens with one attached hydrogen (secondary N) is 1. The van der Waals surface area contributed by atoms with Crippen molar-refractivity contribution in [3.05, 3.63) is 35.9 Å². The maximum Gasteiger partial charge on any atom is 0.0484 e. The highest BCUT2D eigenvalue weighted by Crippen LogP contribution is 2.15. The Hall–Kier alpha value is -0.860. The van der Waals surface area contributed by atoms with Crippen LogP contribution in [0.3, 0.4) is 0 Å². The summed E-state index contributed by atoms with van der Waals surface area (Å²) in [5.41, 5.74) is 1.33. The van der Waals surface area contributed by atoms with Gasteiger partial charge in [-0.25, -0.2) is 0 Å². The summed E-state index contributed by atoms with van der Waals surface area (Å²) in [7, 11) is 1.99. The van der Waals surface area contributed by atoms with E-state index in [0.717, 1.165) is 19.6 Å². The monoisotopic (exact) mass is 193 g/mol. The molecule has 0 radical (unpaired) electrons. The Morgan fingerprint density at radius 1 is 1.29 bits per heavy atom. The quantitative estimate of drug-likeness (QED) is 0.700. The number of rotatable bonds is 6. The van der Waals surface area contributed by atoms with Crippen molar-refractivity contribution in [2.24, 2.45) is 0 Å². The highest BCUT2D eigenvalue weighted by atomic mass is 16.5. The van der Waals surface area contributed by atoms with Crippen LogP contribution in [0.2, 0.25) is 0 Å². The first-order chi connectivity index (χ1) is 6.88. The van der Waals surface area contributed by atoms with Crippen LogP contribution in [0.15, 0.2) is 30.3 Å². The van der Waals surface area contributed by atoms with Crippen LogP contribution in [-0.4, -0.2) is 20.3 Å². The lowest BCUT2D eigenvalue weighted by Crippen LogP contribution is -2.18. The van der Waals surface area contributed by atoms with Gasteiger partial charge in [0.25, 0.3) is 0 Å². The second-order valence-corrected chi connectivity index (χ2v) is 3.24. The summed E-state index contributed by atoms with van der Waals surface area (Å²) in [6, 6.07) is 10.9. The van der Waals surface area contributed by atoms with Crippen molar-refractivity contribution in [2.45, 2.75) is 19.4 Å². The van der Waals surface area contributed by atoms with Gasteiger partial charge in [-0.3, -0.25) is 0 Å². The molecule has 1 atom stereocenters. The fraction of sp³-hybridized carbons (Fsp3) is 0.500. The van der Waals surface area contributed by atoms with Gasteiger partial charge in [-0.15, -0.1) is 0 Å². The van der Waals surface area contributed by atoms with Gasteiger partial charge >= 0.3 is 0 Å². The molecule has 0 saturated carbocycles. The first kappa shape index (κ1) is 11.2. The van der Waals surface area contributed by atoms with E-state index in [4.69, 9.17) is 4.74 Å². The summed E-state index contributed by atoms with van der Waals surface area (Å²) in [5, 5.41) is 3.30. The maximum absolute atomic E-state index is 5.35. The summed E-state index contributed by atoms with van der Waals surface area (Å²) in [5.74, 6) is 0. The zero-order chi connectivity index (χ0) is 10.2. The molecule has 0 spiro atoms. The Morgan fingerprint density at radius 2 is 2.00 bits per heavy atom. The first-order valence-electron chi connectivity index (χ1n) is 5.18. The molecule has 0 aliphatic carbocycles. The summed E-state index contributed by atoms with van der Waals surface area (Å²) >= 11 is 0. The van der Waals surface area contributed by atoms with Gasteiger partial charge in [-0.05, 0) is 26.0 Å². The molecule has 0 saturated heterocycles. The second kappa shape index (κ2) is 6.57. The predicted molar refractivity (Wildman–Crippen MR) is 59.4 cm³/mol. The van der Waals surface area contributed by atoms with Crippen LogP contribution >= 0.6 is 0 Å². The molecule has 2 nitrogen and oxygen atoms in total. The summed E-state index contributed by atoms with van der Waals surface area (Å²) < 4.78 is 5.35. The third kappa shape index (κ3) is 3.48. The Bertz CT molecular complexity index is 235. The fourth-order valence-electron chi connectivity index (χ4n) is 1.51. The van der Waals surface area contributed by atoms with Crippen LogP contribution in [-0.2, 0) is 4.74 Å². The van der Waals surface area contributed by atoms with Crippen molar-refractivity contribution in [1.82, 2.24) is 5.32 Å². The van der Waals surface area contributed by atoms with Gasteiger partial charge in [0, 0.05) is 19.3 Å². The normalized spacial score (nSPS) is 12.7. The molecule has 1 aromatic rings. The van der Waals surface area contributed by atoms with E-state index >= 15 is 0 Å². The molecular formula is C12H19NO. The van der Waals surface area contributed by atoms with Gasteiger partial charge in [-0.2, -0.15) is 0 Å². The number of hydrogen-bond acceptors (Lipinski definition) is 2. The molecule has 0 fully saturated rings. The lowest BCUT2D eigenvalue weighted by atomic mass is 10.0. The molecule has 0 heterocycles. The summed E-state index contributed by atoms with van der Waals surface area (Å²) in [6.45, 7) is 3.64. The molecule has 0 aliphatic rings. The van der Waals surface area contributed by atoms with Crippen LogP contribution in [0, 0.1) is 0 Å². The average Bonchev–Trinajstić information content (AvgIpc) is 2.26. The molecule has 1 N–H and O–H groups in total. The lowest BCUT2D eigenvalue weighted by Gasteiger charge is -2.16. The highest BCUT2D eigenvalue weighted by Gasteiger charge is 2.07. The van der Waals surface area contributed by atoms with Crippen LogP contribution in [0.4, 0.5) is 0 Å². The second-order valence-electron chi connectivity index (χ2n) is 3.24. The van der Waals surface area contributed by atoms with Gasteiger partial charge in [0.15, 0.2) is 0 Å². The lowest BCUT2D eigenvalue weighted by molar-refractivity contribution is 0.137. The van der Waals surface area contributed by atoms with E-state index in [9.17, 15) is 0 Å². The third-order valence-corrected chi connectivity index (χ3v) is 2.31. The van der Waals surface area contributed by atoms with Crippen molar-refractivity contribution in [3.63, 3.8) is 0 Å². The number of hydrogen-bond donors (Lipinski definition) is 1. The maximum atomic E-state index is 5.35. The van der Waals surface area contributed by atoms with E-state index in [-0.39, 0.29) is 0 Å². The van der Waals surface area contributed by atoms with Crippen LogP contribution < -0.4 is 5.32 Å². The van der Waals surface area contributed by atoms with Crippen molar-refractivity contribution in [2.75, 3.05) is 20.3 Å². The van der Waals surface area contributed by atoms with Crippen molar-refractivity contribution < 1.29 is 4.74 Å². The van der Waals surface area contributed by atoms with Crippen molar-refractivity contribution in [1.29, 1.82) is 0 Å². The minimum Gasteiger partial charge on any atom is -0.382 e. The topological polar surface area (TPSA) is 21.3 Å². The Labute approximate surface area is 86.3 Å². The van der Waals surface area contributed by atoms with Gasteiger partial charge < -0.3 is 10.1 Å². The molecule has 1 aromatic carbocycles. The van der Waals surface area contributed by atoms with E-state index < -0.39 is 0 Å². The van der Waals surface area contributed by atoms with E-state index in [1.165, 1.54) is 5.56 Å². The highest BCUT2D eigenvalue weighted by molar-refractivity contribution is 5.18. The molecule has 0 aromatic heterocycles. The molecule has 14 heavy (non-hydrogen) atoms. The van der Waals surface area contributed by atoms with E-state index in [0.29, 0.717) is 6.04 Å². The molecule has 0 bridgehead atoms. The molecule has 0 aliphatic heterocycles. The smallest absolute Gasteiger partial charge is 0.0484 e. The van der Waals surface area contributed by atoms with E-state index in [1.54, 1.807) is 0 Å². The van der Waals surface area contributed by atoms with Gasteiger partial charge in [0.1, 0.15) is 0 Å². The minimum atomic E-state index is 0.405.